The summed E-state index contributed by atoms with van der Waals surface area (Å²) in [6, 6.07) is 6.47. The first-order chi connectivity index (χ1) is 9.29. The highest BCUT2D eigenvalue weighted by Crippen LogP contribution is 2.44. The Balaban J connectivity index is 1.48. The Hall–Kier alpha value is -1.51. The summed E-state index contributed by atoms with van der Waals surface area (Å²) in [6.45, 7) is 0.993. The van der Waals surface area contributed by atoms with Crippen molar-refractivity contribution in [2.24, 2.45) is 11.8 Å². The molecular formula is C16H20N2O. The summed E-state index contributed by atoms with van der Waals surface area (Å²) < 4.78 is 0. The van der Waals surface area contributed by atoms with E-state index in [0.717, 1.165) is 30.4 Å². The lowest BCUT2D eigenvalue weighted by Gasteiger charge is -2.23. The summed E-state index contributed by atoms with van der Waals surface area (Å²) >= 11 is 0. The van der Waals surface area contributed by atoms with Crippen LogP contribution in [0.4, 0.5) is 5.69 Å². The molecule has 3 unspecified atom stereocenters. The number of carbonyl (C=O) groups is 1. The lowest BCUT2D eigenvalue weighted by atomic mass is 9.95. The smallest absolute Gasteiger partial charge is 0.251 e. The van der Waals surface area contributed by atoms with Crippen molar-refractivity contribution in [3.63, 3.8) is 0 Å². The molecule has 1 aromatic carbocycles. The fourth-order valence-electron chi connectivity index (χ4n) is 4.12. The summed E-state index contributed by atoms with van der Waals surface area (Å²) in [5, 5.41) is 6.59. The number of hydrogen-bond acceptors (Lipinski definition) is 2. The summed E-state index contributed by atoms with van der Waals surface area (Å²) in [7, 11) is 0. The zero-order valence-corrected chi connectivity index (χ0v) is 11.1. The van der Waals surface area contributed by atoms with Crippen molar-refractivity contribution in [1.82, 2.24) is 5.32 Å². The van der Waals surface area contributed by atoms with E-state index < -0.39 is 0 Å². The first-order valence-corrected chi connectivity index (χ1v) is 7.47. The molecule has 0 spiro atoms. The number of hydrogen-bond donors (Lipinski definition) is 2. The van der Waals surface area contributed by atoms with E-state index in [2.05, 4.69) is 16.7 Å². The largest absolute Gasteiger partial charge is 0.384 e. The van der Waals surface area contributed by atoms with Crippen LogP contribution in [0.2, 0.25) is 0 Å². The van der Waals surface area contributed by atoms with Crippen molar-refractivity contribution < 1.29 is 4.79 Å². The maximum absolute atomic E-state index is 12.3. The molecule has 0 aromatic heterocycles. The minimum absolute atomic E-state index is 0.118. The predicted molar refractivity (Wildman–Crippen MR) is 75.3 cm³/mol. The molecule has 1 aromatic rings. The van der Waals surface area contributed by atoms with Crippen molar-refractivity contribution in [3.8, 4) is 0 Å². The molecular weight excluding hydrogens is 236 g/mol. The van der Waals surface area contributed by atoms with Gasteiger partial charge in [0.25, 0.3) is 5.91 Å². The third-order valence-corrected chi connectivity index (χ3v) is 5.13. The Labute approximate surface area is 113 Å². The minimum Gasteiger partial charge on any atom is -0.384 e. The van der Waals surface area contributed by atoms with E-state index >= 15 is 0 Å². The van der Waals surface area contributed by atoms with Crippen LogP contribution in [-0.2, 0) is 6.42 Å². The molecule has 3 aliphatic rings. The van der Waals surface area contributed by atoms with E-state index in [0.29, 0.717) is 6.04 Å². The fraction of sp³-hybridized carbons (Fsp3) is 0.562. The van der Waals surface area contributed by atoms with Crippen molar-refractivity contribution >= 4 is 11.6 Å². The molecule has 2 fully saturated rings. The molecule has 1 heterocycles. The quantitative estimate of drug-likeness (QED) is 0.854. The molecule has 3 nitrogen and oxygen atoms in total. The summed E-state index contributed by atoms with van der Waals surface area (Å²) in [6.07, 6.45) is 6.25. The van der Waals surface area contributed by atoms with Gasteiger partial charge in [-0.1, -0.05) is 6.42 Å². The number of benzene rings is 1. The standard InChI is InChI=1S/C16H20N2O/c19-16(18-15-8-10-1-2-11(15)7-10)13-3-4-14-12(9-13)5-6-17-14/h3-4,9-11,15,17H,1-2,5-8H2,(H,18,19). The zero-order valence-electron chi connectivity index (χ0n) is 11.1. The summed E-state index contributed by atoms with van der Waals surface area (Å²) in [5.74, 6) is 1.73. The van der Waals surface area contributed by atoms with Gasteiger partial charge in [0.1, 0.15) is 0 Å². The van der Waals surface area contributed by atoms with E-state index in [1.807, 2.05) is 12.1 Å². The number of carbonyl (C=O) groups excluding carboxylic acids is 1. The Kier molecular flexibility index (Phi) is 2.54. The molecule has 3 atom stereocenters. The molecule has 2 aliphatic carbocycles. The van der Waals surface area contributed by atoms with Crippen LogP contribution < -0.4 is 10.6 Å². The van der Waals surface area contributed by atoms with Crippen molar-refractivity contribution in [2.75, 3.05) is 11.9 Å². The Bertz CT molecular complexity index is 525. The highest BCUT2D eigenvalue weighted by atomic mass is 16.1. The predicted octanol–water partition coefficient (Wildman–Crippen LogP) is 2.57. The number of fused-ring (bicyclic) bond motifs is 3. The van der Waals surface area contributed by atoms with Crippen LogP contribution in [0.1, 0.15) is 41.6 Å². The monoisotopic (exact) mass is 256 g/mol. The second-order valence-corrected chi connectivity index (χ2v) is 6.30. The van der Waals surface area contributed by atoms with E-state index in [1.54, 1.807) is 0 Å². The van der Waals surface area contributed by atoms with Gasteiger partial charge in [-0.2, -0.15) is 0 Å². The topological polar surface area (TPSA) is 41.1 Å². The fourth-order valence-corrected chi connectivity index (χ4v) is 4.12. The molecule has 1 aliphatic heterocycles. The van der Waals surface area contributed by atoms with Gasteiger partial charge in [0.05, 0.1) is 0 Å². The average Bonchev–Trinajstić information content (AvgIpc) is 3.13. The third-order valence-electron chi connectivity index (χ3n) is 5.13. The molecule has 2 saturated carbocycles. The van der Waals surface area contributed by atoms with Crippen LogP contribution in [0, 0.1) is 11.8 Å². The second kappa shape index (κ2) is 4.26. The van der Waals surface area contributed by atoms with Crippen molar-refractivity contribution in [2.45, 2.75) is 38.1 Å². The second-order valence-electron chi connectivity index (χ2n) is 6.30. The Morgan fingerprint density at radius 3 is 3.00 bits per heavy atom. The first kappa shape index (κ1) is 11.3. The average molecular weight is 256 g/mol. The van der Waals surface area contributed by atoms with Gasteiger partial charge in [0, 0.05) is 23.8 Å². The third kappa shape index (κ3) is 1.92. The van der Waals surface area contributed by atoms with E-state index in [-0.39, 0.29) is 5.91 Å². The van der Waals surface area contributed by atoms with Gasteiger partial charge in [0.15, 0.2) is 0 Å². The zero-order chi connectivity index (χ0) is 12.8. The maximum Gasteiger partial charge on any atom is 0.251 e. The van der Waals surface area contributed by atoms with Gasteiger partial charge >= 0.3 is 0 Å². The highest BCUT2D eigenvalue weighted by molar-refractivity contribution is 5.95. The molecule has 100 valence electrons. The van der Waals surface area contributed by atoms with Crippen molar-refractivity contribution in [3.05, 3.63) is 29.3 Å². The minimum atomic E-state index is 0.118. The Morgan fingerprint density at radius 1 is 1.26 bits per heavy atom. The normalized spacial score (nSPS) is 31.1. The maximum atomic E-state index is 12.3. The van der Waals surface area contributed by atoms with Crippen LogP contribution in [0.15, 0.2) is 18.2 Å². The van der Waals surface area contributed by atoms with Crippen LogP contribution in [0.5, 0.6) is 0 Å². The van der Waals surface area contributed by atoms with E-state index in [4.69, 9.17) is 0 Å². The number of rotatable bonds is 2. The van der Waals surface area contributed by atoms with Gasteiger partial charge in [-0.05, 0) is 61.3 Å². The number of anilines is 1. The Morgan fingerprint density at radius 2 is 2.21 bits per heavy atom. The van der Waals surface area contributed by atoms with Gasteiger partial charge in [-0.25, -0.2) is 0 Å². The lowest BCUT2D eigenvalue weighted by Crippen LogP contribution is -2.38. The van der Waals surface area contributed by atoms with E-state index in [9.17, 15) is 4.79 Å². The van der Waals surface area contributed by atoms with Gasteiger partial charge in [0.2, 0.25) is 0 Å². The molecule has 2 bridgehead atoms. The van der Waals surface area contributed by atoms with Crippen LogP contribution in [-0.4, -0.2) is 18.5 Å². The van der Waals surface area contributed by atoms with Crippen molar-refractivity contribution in [1.29, 1.82) is 0 Å². The molecule has 2 N–H and O–H groups in total. The molecule has 0 saturated heterocycles. The van der Waals surface area contributed by atoms with Crippen LogP contribution in [0.25, 0.3) is 0 Å². The summed E-state index contributed by atoms with van der Waals surface area (Å²) in [5.41, 5.74) is 3.29. The lowest BCUT2D eigenvalue weighted by molar-refractivity contribution is 0.0923. The molecule has 1 amide bonds. The summed E-state index contributed by atoms with van der Waals surface area (Å²) in [4.78, 5) is 12.3. The SMILES string of the molecule is O=C(NC1CC2CCC1C2)c1ccc2c(c1)CCN2. The number of amides is 1. The van der Waals surface area contributed by atoms with Crippen LogP contribution in [0.3, 0.4) is 0 Å². The molecule has 4 rings (SSSR count). The van der Waals surface area contributed by atoms with Gasteiger partial charge < -0.3 is 10.6 Å². The molecule has 19 heavy (non-hydrogen) atoms. The first-order valence-electron chi connectivity index (χ1n) is 7.47. The van der Waals surface area contributed by atoms with Gasteiger partial charge in [-0.15, -0.1) is 0 Å². The number of nitrogens with one attached hydrogen (secondary N) is 2. The molecule has 0 radical (unpaired) electrons. The van der Waals surface area contributed by atoms with Crippen LogP contribution >= 0.6 is 0 Å². The van der Waals surface area contributed by atoms with Gasteiger partial charge in [-0.3, -0.25) is 4.79 Å². The highest BCUT2D eigenvalue weighted by Gasteiger charge is 2.40. The molecule has 3 heteroatoms. The van der Waals surface area contributed by atoms with E-state index in [1.165, 1.54) is 36.9 Å².